The molecule has 0 spiro atoms. The molecule has 0 aliphatic rings. The topological polar surface area (TPSA) is 21.3 Å². The molecular formula is C15H23Cl2NO. The van der Waals surface area contributed by atoms with Crippen LogP contribution in [0, 0.1) is 0 Å². The molecule has 0 aliphatic carbocycles. The Morgan fingerprint density at radius 3 is 2.47 bits per heavy atom. The summed E-state index contributed by atoms with van der Waals surface area (Å²) in [7, 11) is 0. The fourth-order valence-electron chi connectivity index (χ4n) is 1.97. The summed E-state index contributed by atoms with van der Waals surface area (Å²) < 4.78 is 5.44. The third-order valence-electron chi connectivity index (χ3n) is 3.01. The summed E-state index contributed by atoms with van der Waals surface area (Å²) in [5, 5.41) is 5.02. The van der Waals surface area contributed by atoms with Gasteiger partial charge in [-0.05, 0) is 50.4 Å². The lowest BCUT2D eigenvalue weighted by Gasteiger charge is -2.20. The van der Waals surface area contributed by atoms with Crippen molar-refractivity contribution in [2.24, 2.45) is 0 Å². The average Bonchev–Trinajstić information content (AvgIpc) is 2.39. The van der Waals surface area contributed by atoms with Crippen LogP contribution >= 0.6 is 23.2 Å². The number of rotatable bonds is 9. The van der Waals surface area contributed by atoms with Crippen molar-refractivity contribution in [1.82, 2.24) is 5.32 Å². The van der Waals surface area contributed by atoms with Crippen LogP contribution in [0.25, 0.3) is 0 Å². The largest absolute Gasteiger partial charge is 0.382 e. The third kappa shape index (κ3) is 6.13. The van der Waals surface area contributed by atoms with Crippen LogP contribution in [0.5, 0.6) is 0 Å². The Hall–Kier alpha value is -0.280. The first-order valence-electron chi connectivity index (χ1n) is 6.93. The molecule has 1 unspecified atom stereocenters. The molecule has 0 radical (unpaired) electrons. The monoisotopic (exact) mass is 303 g/mol. The maximum Gasteiger partial charge on any atom is 0.0480 e. The van der Waals surface area contributed by atoms with Gasteiger partial charge in [-0.15, -0.1) is 0 Å². The van der Waals surface area contributed by atoms with Gasteiger partial charge in [0.2, 0.25) is 0 Å². The molecule has 1 atom stereocenters. The van der Waals surface area contributed by atoms with E-state index in [-0.39, 0.29) is 0 Å². The molecule has 1 N–H and O–H groups in total. The second-order valence-electron chi connectivity index (χ2n) is 4.54. The first-order valence-corrected chi connectivity index (χ1v) is 7.68. The molecular weight excluding hydrogens is 281 g/mol. The van der Waals surface area contributed by atoms with Gasteiger partial charge in [0.15, 0.2) is 0 Å². The van der Waals surface area contributed by atoms with Crippen molar-refractivity contribution >= 4 is 23.2 Å². The maximum absolute atomic E-state index is 6.23. The van der Waals surface area contributed by atoms with Gasteiger partial charge in [0, 0.05) is 29.3 Å². The maximum atomic E-state index is 6.23. The van der Waals surface area contributed by atoms with Crippen molar-refractivity contribution in [1.29, 1.82) is 0 Å². The molecule has 1 rings (SSSR count). The van der Waals surface area contributed by atoms with E-state index in [1.54, 1.807) is 0 Å². The van der Waals surface area contributed by atoms with E-state index in [2.05, 4.69) is 12.2 Å². The molecule has 4 heteroatoms. The minimum atomic E-state index is 0.351. The Morgan fingerprint density at radius 2 is 1.89 bits per heavy atom. The zero-order chi connectivity index (χ0) is 14.1. The van der Waals surface area contributed by atoms with Crippen LogP contribution in [0.15, 0.2) is 18.2 Å². The fraction of sp³-hybridized carbons (Fsp3) is 0.600. The van der Waals surface area contributed by atoms with Crippen molar-refractivity contribution in [2.75, 3.05) is 19.8 Å². The number of halogens is 2. The standard InChI is InChI=1S/C15H23Cl2NO/c1-3-9-18-12(8-10-19-4-2)11-13-14(16)6-5-7-15(13)17/h5-7,12,18H,3-4,8-11H2,1-2H3. The molecule has 19 heavy (non-hydrogen) atoms. The van der Waals surface area contributed by atoms with Gasteiger partial charge in [-0.25, -0.2) is 0 Å². The van der Waals surface area contributed by atoms with E-state index in [1.807, 2.05) is 25.1 Å². The van der Waals surface area contributed by atoms with Gasteiger partial charge in [0.05, 0.1) is 0 Å². The van der Waals surface area contributed by atoms with Crippen LogP contribution in [0.4, 0.5) is 0 Å². The highest BCUT2D eigenvalue weighted by atomic mass is 35.5. The summed E-state index contributed by atoms with van der Waals surface area (Å²) in [5.41, 5.74) is 1.02. The highest BCUT2D eigenvalue weighted by Crippen LogP contribution is 2.26. The van der Waals surface area contributed by atoms with Crippen molar-refractivity contribution in [3.63, 3.8) is 0 Å². The Bertz CT molecular complexity index is 351. The number of nitrogens with one attached hydrogen (secondary N) is 1. The van der Waals surface area contributed by atoms with Crippen LogP contribution in [0.2, 0.25) is 10.0 Å². The molecule has 0 fully saturated rings. The lowest BCUT2D eigenvalue weighted by Crippen LogP contribution is -2.33. The summed E-state index contributed by atoms with van der Waals surface area (Å²) in [6, 6.07) is 6.01. The predicted molar refractivity (Wildman–Crippen MR) is 83.4 cm³/mol. The van der Waals surface area contributed by atoms with Crippen molar-refractivity contribution < 1.29 is 4.74 Å². The molecule has 0 bridgehead atoms. The number of ether oxygens (including phenoxy) is 1. The third-order valence-corrected chi connectivity index (χ3v) is 3.72. The number of hydrogen-bond acceptors (Lipinski definition) is 2. The molecule has 108 valence electrons. The quantitative estimate of drug-likeness (QED) is 0.686. The van der Waals surface area contributed by atoms with Gasteiger partial charge >= 0.3 is 0 Å². The SMILES string of the molecule is CCCNC(CCOCC)Cc1c(Cl)cccc1Cl. The molecule has 0 aliphatic heterocycles. The van der Waals surface area contributed by atoms with E-state index in [4.69, 9.17) is 27.9 Å². The lowest BCUT2D eigenvalue weighted by molar-refractivity contribution is 0.136. The van der Waals surface area contributed by atoms with Crippen LogP contribution in [0.1, 0.15) is 32.3 Å². The highest BCUT2D eigenvalue weighted by Gasteiger charge is 2.13. The Morgan fingerprint density at radius 1 is 1.21 bits per heavy atom. The Kier molecular flexibility index (Phi) is 8.47. The summed E-state index contributed by atoms with van der Waals surface area (Å²) in [6.07, 6.45) is 2.92. The molecule has 0 saturated carbocycles. The number of benzene rings is 1. The smallest absolute Gasteiger partial charge is 0.0480 e. The molecule has 1 aromatic carbocycles. The zero-order valence-electron chi connectivity index (χ0n) is 11.7. The van der Waals surface area contributed by atoms with E-state index in [0.717, 1.165) is 54.6 Å². The predicted octanol–water partition coefficient (Wildman–Crippen LogP) is 4.33. The minimum Gasteiger partial charge on any atom is -0.382 e. The van der Waals surface area contributed by atoms with Crippen molar-refractivity contribution in [2.45, 2.75) is 39.2 Å². The molecule has 2 nitrogen and oxygen atoms in total. The number of hydrogen-bond donors (Lipinski definition) is 1. The normalized spacial score (nSPS) is 12.6. The molecule has 1 aromatic rings. The molecule has 0 amide bonds. The molecule has 0 saturated heterocycles. The van der Waals surface area contributed by atoms with E-state index in [9.17, 15) is 0 Å². The van der Waals surface area contributed by atoms with E-state index in [1.165, 1.54) is 0 Å². The van der Waals surface area contributed by atoms with Gasteiger partial charge in [0.1, 0.15) is 0 Å². The van der Waals surface area contributed by atoms with Gasteiger partial charge < -0.3 is 10.1 Å². The summed E-state index contributed by atoms with van der Waals surface area (Å²) >= 11 is 12.5. The second-order valence-corrected chi connectivity index (χ2v) is 5.36. The first-order chi connectivity index (χ1) is 9.19. The van der Waals surface area contributed by atoms with Gasteiger partial charge in [-0.3, -0.25) is 0 Å². The summed E-state index contributed by atoms with van der Waals surface area (Å²) in [5.74, 6) is 0. The molecule has 0 heterocycles. The summed E-state index contributed by atoms with van der Waals surface area (Å²) in [4.78, 5) is 0. The van der Waals surface area contributed by atoms with Crippen molar-refractivity contribution in [3.8, 4) is 0 Å². The van der Waals surface area contributed by atoms with Gasteiger partial charge in [-0.1, -0.05) is 36.2 Å². The van der Waals surface area contributed by atoms with Crippen LogP contribution in [-0.2, 0) is 11.2 Å². The Balaban J connectivity index is 2.64. The van der Waals surface area contributed by atoms with E-state index < -0.39 is 0 Å². The summed E-state index contributed by atoms with van der Waals surface area (Å²) in [6.45, 7) is 6.70. The molecule has 0 aromatic heterocycles. The average molecular weight is 304 g/mol. The highest BCUT2D eigenvalue weighted by molar-refractivity contribution is 6.35. The van der Waals surface area contributed by atoms with Gasteiger partial charge in [-0.2, -0.15) is 0 Å². The fourth-order valence-corrected chi connectivity index (χ4v) is 2.52. The van der Waals surface area contributed by atoms with Crippen LogP contribution in [-0.4, -0.2) is 25.8 Å². The first kappa shape index (κ1) is 16.8. The van der Waals surface area contributed by atoms with Crippen LogP contribution in [0.3, 0.4) is 0 Å². The Labute approximate surface area is 126 Å². The van der Waals surface area contributed by atoms with E-state index >= 15 is 0 Å². The van der Waals surface area contributed by atoms with E-state index in [0.29, 0.717) is 6.04 Å². The van der Waals surface area contributed by atoms with Crippen molar-refractivity contribution in [3.05, 3.63) is 33.8 Å². The lowest BCUT2D eigenvalue weighted by atomic mass is 10.0. The van der Waals surface area contributed by atoms with Gasteiger partial charge in [0.25, 0.3) is 0 Å². The zero-order valence-corrected chi connectivity index (χ0v) is 13.2. The second kappa shape index (κ2) is 9.60. The minimum absolute atomic E-state index is 0.351. The van der Waals surface area contributed by atoms with Crippen LogP contribution < -0.4 is 5.32 Å².